The van der Waals surface area contributed by atoms with Crippen LogP contribution >= 0.6 is 22.6 Å². The van der Waals surface area contributed by atoms with E-state index in [9.17, 15) is 0 Å². The topological polar surface area (TPSA) is 3.24 Å². The molecule has 0 saturated heterocycles. The summed E-state index contributed by atoms with van der Waals surface area (Å²) in [6, 6.07) is 31.8. The quantitative estimate of drug-likeness (QED) is 0.236. The first-order chi connectivity index (χ1) is 12.8. The van der Waals surface area contributed by atoms with Crippen LogP contribution in [0.1, 0.15) is 12.0 Å². The monoisotopic (exact) mass is 449 g/mol. The van der Waals surface area contributed by atoms with Crippen LogP contribution in [-0.4, -0.2) is 3.55 Å². The normalized spacial score (nSPS) is 19.0. The Bertz CT molecular complexity index is 877. The van der Waals surface area contributed by atoms with Crippen molar-refractivity contribution in [2.24, 2.45) is 0 Å². The van der Waals surface area contributed by atoms with E-state index in [-0.39, 0.29) is 3.55 Å². The highest BCUT2D eigenvalue weighted by Crippen LogP contribution is 2.43. The largest absolute Gasteiger partial charge is 0.323 e. The maximum absolute atomic E-state index is 2.58. The van der Waals surface area contributed by atoms with Crippen molar-refractivity contribution in [2.45, 2.75) is 9.97 Å². The summed E-state index contributed by atoms with van der Waals surface area (Å²) in [5, 5.41) is 0. The number of alkyl halides is 1. The molecule has 1 unspecified atom stereocenters. The molecule has 0 N–H and O–H groups in total. The van der Waals surface area contributed by atoms with Crippen molar-refractivity contribution in [3.8, 4) is 0 Å². The Labute approximate surface area is 168 Å². The van der Waals surface area contributed by atoms with E-state index in [1.807, 2.05) is 0 Å². The van der Waals surface area contributed by atoms with Crippen LogP contribution in [0.2, 0.25) is 0 Å². The zero-order valence-corrected chi connectivity index (χ0v) is 16.6. The lowest BCUT2D eigenvalue weighted by Crippen LogP contribution is -2.39. The number of benzene rings is 3. The predicted molar refractivity (Wildman–Crippen MR) is 120 cm³/mol. The number of hydrogen-bond donors (Lipinski definition) is 0. The van der Waals surface area contributed by atoms with Gasteiger partial charge in [0.05, 0.1) is 0 Å². The second-order valence-corrected chi connectivity index (χ2v) is 8.26. The van der Waals surface area contributed by atoms with Crippen LogP contribution in [0, 0.1) is 0 Å². The summed E-state index contributed by atoms with van der Waals surface area (Å²) in [5.41, 5.74) is 4.97. The molecule has 1 aliphatic rings. The van der Waals surface area contributed by atoms with E-state index in [4.69, 9.17) is 0 Å². The van der Waals surface area contributed by atoms with Crippen LogP contribution in [0.4, 0.5) is 11.4 Å². The molecule has 0 bridgehead atoms. The van der Waals surface area contributed by atoms with Crippen LogP contribution in [-0.2, 0) is 0 Å². The lowest BCUT2D eigenvalue weighted by molar-refractivity contribution is 0.759. The average Bonchev–Trinajstić information content (AvgIpc) is 2.71. The lowest BCUT2D eigenvalue weighted by atomic mass is 9.95. The molecule has 0 amide bonds. The SMILES string of the molecule is IC1(N(c2ccccc2)c2ccccc2)C=CC(c2ccccc2)=CC1. The Hall–Kier alpha value is -2.33. The van der Waals surface area contributed by atoms with E-state index in [1.165, 1.54) is 22.5 Å². The average molecular weight is 449 g/mol. The van der Waals surface area contributed by atoms with Crippen molar-refractivity contribution in [1.82, 2.24) is 0 Å². The molecule has 0 saturated carbocycles. The molecule has 0 heterocycles. The van der Waals surface area contributed by atoms with E-state index in [0.717, 1.165) is 6.42 Å². The fourth-order valence-electron chi connectivity index (χ4n) is 3.35. The Morgan fingerprint density at radius 1 is 0.692 bits per heavy atom. The van der Waals surface area contributed by atoms with Crippen molar-refractivity contribution >= 4 is 39.5 Å². The molecule has 1 aliphatic carbocycles. The Morgan fingerprint density at radius 3 is 1.65 bits per heavy atom. The van der Waals surface area contributed by atoms with Gasteiger partial charge in [0.25, 0.3) is 0 Å². The summed E-state index contributed by atoms with van der Waals surface area (Å²) in [7, 11) is 0. The minimum absolute atomic E-state index is 0.140. The highest BCUT2D eigenvalue weighted by Gasteiger charge is 2.33. The number of rotatable bonds is 4. The molecule has 3 aromatic carbocycles. The van der Waals surface area contributed by atoms with Gasteiger partial charge in [-0.1, -0.05) is 78.9 Å². The molecular formula is C24H20IN. The zero-order valence-electron chi connectivity index (χ0n) is 14.4. The number of nitrogens with zero attached hydrogens (tertiary/aromatic N) is 1. The Balaban J connectivity index is 1.71. The molecule has 3 aromatic rings. The molecule has 0 radical (unpaired) electrons. The van der Waals surface area contributed by atoms with Gasteiger partial charge in [0.1, 0.15) is 3.55 Å². The minimum Gasteiger partial charge on any atom is -0.323 e. The summed E-state index contributed by atoms with van der Waals surface area (Å²) < 4.78 is -0.140. The first kappa shape index (κ1) is 17.1. The van der Waals surface area contributed by atoms with E-state index < -0.39 is 0 Å². The van der Waals surface area contributed by atoms with Crippen LogP contribution < -0.4 is 4.90 Å². The van der Waals surface area contributed by atoms with E-state index in [1.54, 1.807) is 0 Å². The fourth-order valence-corrected chi connectivity index (χ4v) is 4.31. The van der Waals surface area contributed by atoms with Gasteiger partial charge in [-0.15, -0.1) is 0 Å². The molecule has 0 aliphatic heterocycles. The van der Waals surface area contributed by atoms with Crippen molar-refractivity contribution in [1.29, 1.82) is 0 Å². The fraction of sp³-hybridized carbons (Fsp3) is 0.0833. The molecule has 26 heavy (non-hydrogen) atoms. The third kappa shape index (κ3) is 3.47. The molecule has 1 atom stereocenters. The van der Waals surface area contributed by atoms with Gasteiger partial charge in [-0.2, -0.15) is 0 Å². The van der Waals surface area contributed by atoms with Crippen LogP contribution in [0.25, 0.3) is 5.57 Å². The smallest absolute Gasteiger partial charge is 0.119 e. The predicted octanol–water partition coefficient (Wildman–Crippen LogP) is 7.00. The van der Waals surface area contributed by atoms with Crippen LogP contribution in [0.5, 0.6) is 0 Å². The summed E-state index contributed by atoms with van der Waals surface area (Å²) in [4.78, 5) is 2.42. The van der Waals surface area contributed by atoms with Crippen molar-refractivity contribution < 1.29 is 0 Å². The highest BCUT2D eigenvalue weighted by molar-refractivity contribution is 14.1. The summed E-state index contributed by atoms with van der Waals surface area (Å²) in [6.07, 6.45) is 7.87. The third-order valence-electron chi connectivity index (χ3n) is 4.63. The Morgan fingerprint density at radius 2 is 1.19 bits per heavy atom. The maximum Gasteiger partial charge on any atom is 0.119 e. The Kier molecular flexibility index (Phi) is 4.93. The van der Waals surface area contributed by atoms with Crippen molar-refractivity contribution in [3.63, 3.8) is 0 Å². The van der Waals surface area contributed by atoms with Gasteiger partial charge in [0.2, 0.25) is 0 Å². The van der Waals surface area contributed by atoms with Gasteiger partial charge in [0, 0.05) is 17.8 Å². The van der Waals surface area contributed by atoms with Gasteiger partial charge < -0.3 is 4.90 Å². The molecule has 0 aromatic heterocycles. The molecule has 1 nitrogen and oxygen atoms in total. The first-order valence-electron chi connectivity index (χ1n) is 8.80. The molecular weight excluding hydrogens is 429 g/mol. The van der Waals surface area contributed by atoms with E-state index >= 15 is 0 Å². The first-order valence-corrected chi connectivity index (χ1v) is 9.88. The van der Waals surface area contributed by atoms with E-state index in [0.29, 0.717) is 0 Å². The minimum atomic E-state index is -0.140. The number of hydrogen-bond acceptors (Lipinski definition) is 1. The second kappa shape index (κ2) is 7.50. The van der Waals surface area contributed by atoms with Crippen molar-refractivity contribution in [3.05, 3.63) is 115 Å². The highest BCUT2D eigenvalue weighted by atomic mass is 127. The number of para-hydroxylation sites is 2. The molecule has 0 spiro atoms. The van der Waals surface area contributed by atoms with Gasteiger partial charge in [0.15, 0.2) is 0 Å². The van der Waals surface area contributed by atoms with Crippen LogP contribution in [0.3, 0.4) is 0 Å². The van der Waals surface area contributed by atoms with Gasteiger partial charge >= 0.3 is 0 Å². The number of allylic oxidation sites excluding steroid dienone is 2. The van der Waals surface area contributed by atoms with Crippen LogP contribution in [0.15, 0.2) is 109 Å². The molecule has 2 heteroatoms. The number of halogens is 1. The summed E-state index contributed by atoms with van der Waals surface area (Å²) >= 11 is 2.58. The summed E-state index contributed by atoms with van der Waals surface area (Å²) in [6.45, 7) is 0. The summed E-state index contributed by atoms with van der Waals surface area (Å²) in [5.74, 6) is 0. The van der Waals surface area contributed by atoms with E-state index in [2.05, 4.69) is 137 Å². The maximum atomic E-state index is 2.58. The lowest BCUT2D eigenvalue weighted by Gasteiger charge is -2.40. The van der Waals surface area contributed by atoms with Crippen molar-refractivity contribution in [2.75, 3.05) is 4.90 Å². The van der Waals surface area contributed by atoms with Gasteiger partial charge in [-0.3, -0.25) is 0 Å². The molecule has 0 fully saturated rings. The standard InChI is InChI=1S/C24H20IN/c25-24(18-16-21(17-19-24)20-10-4-1-5-11-20)26(22-12-6-2-7-13-22)23-14-8-3-9-15-23/h1-18H,19H2. The molecule has 4 rings (SSSR count). The second-order valence-electron chi connectivity index (χ2n) is 6.39. The molecule has 128 valence electrons. The third-order valence-corrected chi connectivity index (χ3v) is 5.92. The van der Waals surface area contributed by atoms with Gasteiger partial charge in [-0.25, -0.2) is 0 Å². The number of anilines is 2. The zero-order chi connectivity index (χ0) is 17.8. The van der Waals surface area contributed by atoms with Gasteiger partial charge in [-0.05, 0) is 64.1 Å².